The third kappa shape index (κ3) is 6.96. The highest BCUT2D eigenvalue weighted by Gasteiger charge is 2.24. The van der Waals surface area contributed by atoms with Gasteiger partial charge in [0.15, 0.2) is 0 Å². The van der Waals surface area contributed by atoms with E-state index in [9.17, 15) is 14.4 Å². The summed E-state index contributed by atoms with van der Waals surface area (Å²) < 4.78 is 0. The Labute approximate surface area is 119 Å². The van der Waals surface area contributed by atoms with Crippen molar-refractivity contribution >= 4 is 17.9 Å². The summed E-state index contributed by atoms with van der Waals surface area (Å²) in [6.07, 6.45) is 0. The highest BCUT2D eigenvalue weighted by molar-refractivity contribution is 5.87. The van der Waals surface area contributed by atoms with Crippen molar-refractivity contribution in [3.8, 4) is 0 Å². The van der Waals surface area contributed by atoms with E-state index in [-0.39, 0.29) is 11.4 Å². The Kier molecular flexibility index (Phi) is 6.48. The molecule has 0 heterocycles. The van der Waals surface area contributed by atoms with Crippen LogP contribution in [0.4, 0.5) is 4.79 Å². The van der Waals surface area contributed by atoms with Crippen LogP contribution in [0.15, 0.2) is 0 Å². The summed E-state index contributed by atoms with van der Waals surface area (Å²) in [5.74, 6) is -2.00. The molecule has 0 fully saturated rings. The molecule has 0 aromatic rings. The zero-order valence-corrected chi connectivity index (χ0v) is 12.9. The Hall–Kier alpha value is -1.79. The zero-order valence-electron chi connectivity index (χ0n) is 12.9. The van der Waals surface area contributed by atoms with Gasteiger partial charge in [-0.1, -0.05) is 0 Å². The molecule has 20 heavy (non-hydrogen) atoms. The van der Waals surface area contributed by atoms with E-state index in [1.165, 1.54) is 6.92 Å². The van der Waals surface area contributed by atoms with Crippen LogP contribution in [0.25, 0.3) is 0 Å². The summed E-state index contributed by atoms with van der Waals surface area (Å²) in [6, 6.07) is -1.81. The van der Waals surface area contributed by atoms with Gasteiger partial charge in [-0.3, -0.25) is 9.59 Å². The number of nitrogens with one attached hydrogen (secondary N) is 3. The molecular formula is C13H25N3O4. The average Bonchev–Trinajstić information content (AvgIpc) is 2.24. The normalized spacial score (nSPS) is 15.7. The average molecular weight is 287 g/mol. The van der Waals surface area contributed by atoms with Gasteiger partial charge in [0.05, 0.1) is 5.92 Å². The van der Waals surface area contributed by atoms with Crippen molar-refractivity contribution in [1.29, 1.82) is 0 Å². The zero-order chi connectivity index (χ0) is 16.1. The molecule has 7 heteroatoms. The van der Waals surface area contributed by atoms with E-state index in [2.05, 4.69) is 16.0 Å². The summed E-state index contributed by atoms with van der Waals surface area (Å²) in [6.45, 7) is 10.2. The van der Waals surface area contributed by atoms with Crippen molar-refractivity contribution in [2.24, 2.45) is 5.92 Å². The second kappa shape index (κ2) is 7.12. The molecule has 0 saturated heterocycles. The molecule has 0 rings (SSSR count). The summed E-state index contributed by atoms with van der Waals surface area (Å²) in [4.78, 5) is 34.2. The minimum Gasteiger partial charge on any atom is -0.481 e. The van der Waals surface area contributed by atoms with E-state index in [1.807, 2.05) is 20.8 Å². The van der Waals surface area contributed by atoms with Crippen LogP contribution in [0.5, 0.6) is 0 Å². The number of hydrogen-bond donors (Lipinski definition) is 4. The van der Waals surface area contributed by atoms with E-state index < -0.39 is 30.0 Å². The van der Waals surface area contributed by atoms with Crippen molar-refractivity contribution in [3.63, 3.8) is 0 Å². The van der Waals surface area contributed by atoms with Crippen LogP contribution in [0.3, 0.4) is 0 Å². The molecule has 116 valence electrons. The maximum Gasteiger partial charge on any atom is 0.315 e. The lowest BCUT2D eigenvalue weighted by molar-refractivity contribution is -0.141. The minimum absolute atomic E-state index is 0.299. The van der Waals surface area contributed by atoms with E-state index in [4.69, 9.17) is 5.11 Å². The fraction of sp³-hybridized carbons (Fsp3) is 0.769. The smallest absolute Gasteiger partial charge is 0.315 e. The summed E-state index contributed by atoms with van der Waals surface area (Å²) in [5, 5.41) is 16.5. The molecule has 3 unspecified atom stereocenters. The predicted octanol–water partition coefficient (Wildman–Crippen LogP) is 0.698. The number of hydrogen-bond acceptors (Lipinski definition) is 3. The number of aliphatic carboxylic acids is 1. The van der Waals surface area contributed by atoms with Gasteiger partial charge in [-0.05, 0) is 41.5 Å². The second-order valence-corrected chi connectivity index (χ2v) is 5.99. The lowest BCUT2D eigenvalue weighted by Crippen LogP contribution is -2.54. The summed E-state index contributed by atoms with van der Waals surface area (Å²) in [5.41, 5.74) is -0.380. The quantitative estimate of drug-likeness (QED) is 0.597. The maximum absolute atomic E-state index is 11.8. The first-order valence-electron chi connectivity index (χ1n) is 6.56. The fourth-order valence-electron chi connectivity index (χ4n) is 1.33. The van der Waals surface area contributed by atoms with E-state index >= 15 is 0 Å². The monoisotopic (exact) mass is 287 g/mol. The predicted molar refractivity (Wildman–Crippen MR) is 75.3 cm³/mol. The van der Waals surface area contributed by atoms with Crippen LogP contribution >= 0.6 is 0 Å². The number of amides is 3. The summed E-state index contributed by atoms with van der Waals surface area (Å²) >= 11 is 0. The molecule has 0 aromatic heterocycles. The SMILES string of the molecule is CC(NC(=O)NC(C)C(C)C(=O)O)C(=O)NC(C)(C)C. The molecule has 3 atom stereocenters. The number of carboxylic acid groups (broad SMARTS) is 1. The fourth-order valence-corrected chi connectivity index (χ4v) is 1.33. The molecule has 0 aromatic carbocycles. The molecular weight excluding hydrogens is 262 g/mol. The van der Waals surface area contributed by atoms with Crippen LogP contribution in [0, 0.1) is 5.92 Å². The van der Waals surface area contributed by atoms with Crippen LogP contribution in [0.2, 0.25) is 0 Å². The van der Waals surface area contributed by atoms with Crippen LogP contribution in [0.1, 0.15) is 41.5 Å². The van der Waals surface area contributed by atoms with Crippen molar-refractivity contribution in [2.45, 2.75) is 59.2 Å². The van der Waals surface area contributed by atoms with Crippen LogP contribution in [-0.4, -0.2) is 40.6 Å². The third-order valence-electron chi connectivity index (χ3n) is 2.74. The first-order chi connectivity index (χ1) is 8.94. The second-order valence-electron chi connectivity index (χ2n) is 5.99. The molecule has 3 amide bonds. The van der Waals surface area contributed by atoms with Crippen LogP contribution < -0.4 is 16.0 Å². The van der Waals surface area contributed by atoms with E-state index in [0.29, 0.717) is 0 Å². The lowest BCUT2D eigenvalue weighted by Gasteiger charge is -2.24. The number of carboxylic acids is 1. The van der Waals surface area contributed by atoms with Gasteiger partial charge in [0.2, 0.25) is 5.91 Å². The van der Waals surface area contributed by atoms with Crippen molar-refractivity contribution in [1.82, 2.24) is 16.0 Å². The molecule has 0 aliphatic heterocycles. The van der Waals surface area contributed by atoms with Gasteiger partial charge < -0.3 is 21.1 Å². The highest BCUT2D eigenvalue weighted by atomic mass is 16.4. The van der Waals surface area contributed by atoms with Crippen molar-refractivity contribution in [3.05, 3.63) is 0 Å². The number of carbonyl (C=O) groups excluding carboxylic acids is 2. The van der Waals surface area contributed by atoms with Gasteiger partial charge in [0, 0.05) is 11.6 Å². The van der Waals surface area contributed by atoms with Gasteiger partial charge in [-0.15, -0.1) is 0 Å². The van der Waals surface area contributed by atoms with E-state index in [1.54, 1.807) is 13.8 Å². The summed E-state index contributed by atoms with van der Waals surface area (Å²) in [7, 11) is 0. The first-order valence-corrected chi connectivity index (χ1v) is 6.56. The van der Waals surface area contributed by atoms with Gasteiger partial charge in [0.25, 0.3) is 0 Å². The number of urea groups is 1. The molecule has 0 radical (unpaired) electrons. The molecule has 7 nitrogen and oxygen atoms in total. The van der Waals surface area contributed by atoms with Crippen molar-refractivity contribution in [2.75, 3.05) is 0 Å². The van der Waals surface area contributed by atoms with Gasteiger partial charge >= 0.3 is 12.0 Å². The molecule has 4 N–H and O–H groups in total. The first kappa shape index (κ1) is 18.2. The van der Waals surface area contributed by atoms with Crippen LogP contribution in [-0.2, 0) is 9.59 Å². The minimum atomic E-state index is -0.990. The Morgan fingerprint density at radius 3 is 1.90 bits per heavy atom. The highest BCUT2D eigenvalue weighted by Crippen LogP contribution is 2.02. The van der Waals surface area contributed by atoms with Gasteiger partial charge in [0.1, 0.15) is 6.04 Å². The molecule has 0 saturated carbocycles. The number of carbonyl (C=O) groups is 3. The Bertz CT molecular complexity index is 376. The van der Waals surface area contributed by atoms with Gasteiger partial charge in [-0.25, -0.2) is 4.79 Å². The molecule has 0 aliphatic rings. The Morgan fingerprint density at radius 1 is 1.00 bits per heavy atom. The Morgan fingerprint density at radius 2 is 1.50 bits per heavy atom. The standard InChI is InChI=1S/C13H25N3O4/c1-7(11(18)19)8(2)14-12(20)15-9(3)10(17)16-13(4,5)6/h7-9H,1-6H3,(H,16,17)(H,18,19)(H2,14,15,20). The van der Waals surface area contributed by atoms with Crippen molar-refractivity contribution < 1.29 is 19.5 Å². The third-order valence-corrected chi connectivity index (χ3v) is 2.74. The Balaban J connectivity index is 4.33. The van der Waals surface area contributed by atoms with E-state index in [0.717, 1.165) is 0 Å². The molecule has 0 aliphatic carbocycles. The maximum atomic E-state index is 11.8. The molecule has 0 bridgehead atoms. The number of rotatable bonds is 5. The van der Waals surface area contributed by atoms with Gasteiger partial charge in [-0.2, -0.15) is 0 Å². The lowest BCUT2D eigenvalue weighted by atomic mass is 10.0. The largest absolute Gasteiger partial charge is 0.481 e. The molecule has 0 spiro atoms. The topological polar surface area (TPSA) is 108 Å².